The van der Waals surface area contributed by atoms with Crippen LogP contribution in [0.3, 0.4) is 0 Å². The summed E-state index contributed by atoms with van der Waals surface area (Å²) in [4.78, 5) is 7.74. The first kappa shape index (κ1) is 19.1. The van der Waals surface area contributed by atoms with E-state index in [9.17, 15) is 0 Å². The second-order valence-corrected chi connectivity index (χ2v) is 6.41. The van der Waals surface area contributed by atoms with Crippen LogP contribution in [0.5, 0.6) is 0 Å². The van der Waals surface area contributed by atoms with E-state index in [4.69, 9.17) is 0 Å². The quantitative estimate of drug-likeness (QED) is 0.348. The van der Waals surface area contributed by atoms with Crippen molar-refractivity contribution in [2.24, 2.45) is 10.9 Å². The zero-order chi connectivity index (χ0) is 16.1. The van der Waals surface area contributed by atoms with E-state index in [2.05, 4.69) is 51.9 Å². The summed E-state index contributed by atoms with van der Waals surface area (Å²) in [5.74, 6) is 1.87. The van der Waals surface area contributed by atoms with Crippen LogP contribution in [0.4, 0.5) is 0 Å². The Morgan fingerprint density at radius 1 is 1.21 bits per heavy atom. The lowest BCUT2D eigenvalue weighted by atomic mass is 10.1. The number of para-hydroxylation sites is 1. The Labute approximate surface area is 161 Å². The van der Waals surface area contributed by atoms with Gasteiger partial charge in [-0.1, -0.05) is 38.0 Å². The Morgan fingerprint density at radius 3 is 2.71 bits per heavy atom. The maximum Gasteiger partial charge on any atom is 0.190 e. The van der Waals surface area contributed by atoms with Crippen molar-refractivity contribution in [3.8, 4) is 0 Å². The van der Waals surface area contributed by atoms with E-state index in [0.29, 0.717) is 0 Å². The van der Waals surface area contributed by atoms with E-state index in [-0.39, 0.29) is 24.0 Å². The summed E-state index contributed by atoms with van der Waals surface area (Å²) in [6, 6.07) is 6.57. The van der Waals surface area contributed by atoms with E-state index in [1.54, 1.807) is 0 Å². The van der Waals surface area contributed by atoms with Gasteiger partial charge < -0.3 is 15.6 Å². The fraction of sp³-hybridized carbons (Fsp3) is 0.526. The van der Waals surface area contributed by atoms with Crippen molar-refractivity contribution in [2.45, 2.75) is 39.0 Å². The summed E-state index contributed by atoms with van der Waals surface area (Å²) in [5, 5.41) is 8.18. The van der Waals surface area contributed by atoms with Crippen LogP contribution >= 0.6 is 24.0 Å². The summed E-state index contributed by atoms with van der Waals surface area (Å²) in [6.07, 6.45) is 8.30. The highest BCUT2D eigenvalue weighted by molar-refractivity contribution is 14.0. The highest BCUT2D eigenvalue weighted by Crippen LogP contribution is 2.31. The largest absolute Gasteiger partial charge is 0.361 e. The zero-order valence-electron chi connectivity index (χ0n) is 14.7. The molecular formula is C19H29IN4. The van der Waals surface area contributed by atoms with E-state index >= 15 is 0 Å². The number of fused-ring (bicyclic) bond motifs is 1. The molecule has 132 valence electrons. The van der Waals surface area contributed by atoms with Crippen LogP contribution in [0.25, 0.3) is 10.9 Å². The van der Waals surface area contributed by atoms with Crippen LogP contribution in [-0.4, -0.2) is 31.1 Å². The topological polar surface area (TPSA) is 52.2 Å². The highest BCUT2D eigenvalue weighted by Gasteiger charge is 2.20. The Kier molecular flexibility index (Phi) is 7.40. The fourth-order valence-corrected chi connectivity index (χ4v) is 3.11. The van der Waals surface area contributed by atoms with Gasteiger partial charge in [0, 0.05) is 37.2 Å². The average molecular weight is 440 g/mol. The molecule has 1 fully saturated rings. The summed E-state index contributed by atoms with van der Waals surface area (Å²) in [6.45, 7) is 4.12. The molecule has 1 saturated carbocycles. The maximum atomic E-state index is 4.30. The SMILES string of the molecule is CCc1cccc2c(CCNC(=NC)NCCC3CC3)c[nH]c12.I. The number of aromatic amines is 1. The van der Waals surface area contributed by atoms with Gasteiger partial charge in [-0.3, -0.25) is 4.99 Å². The minimum absolute atomic E-state index is 0. The van der Waals surface area contributed by atoms with Gasteiger partial charge >= 0.3 is 0 Å². The second-order valence-electron chi connectivity index (χ2n) is 6.41. The molecule has 1 aromatic carbocycles. The van der Waals surface area contributed by atoms with E-state index in [1.165, 1.54) is 41.3 Å². The van der Waals surface area contributed by atoms with E-state index in [1.807, 2.05) is 7.05 Å². The third-order valence-electron chi connectivity index (χ3n) is 4.72. The molecule has 0 saturated heterocycles. The number of halogens is 1. The molecule has 2 aromatic rings. The van der Waals surface area contributed by atoms with Crippen molar-refractivity contribution in [3.63, 3.8) is 0 Å². The number of aryl methyl sites for hydroxylation is 1. The Morgan fingerprint density at radius 2 is 2.00 bits per heavy atom. The van der Waals surface area contributed by atoms with Gasteiger partial charge in [0.15, 0.2) is 5.96 Å². The molecule has 0 spiro atoms. The summed E-state index contributed by atoms with van der Waals surface area (Å²) < 4.78 is 0. The number of aliphatic imine (C=N–C) groups is 1. The molecule has 0 unspecified atom stereocenters. The Bertz CT molecular complexity index is 673. The van der Waals surface area contributed by atoms with Gasteiger partial charge in [0.2, 0.25) is 0 Å². The molecule has 1 aliphatic rings. The van der Waals surface area contributed by atoms with Gasteiger partial charge in [-0.15, -0.1) is 24.0 Å². The lowest BCUT2D eigenvalue weighted by molar-refractivity contribution is 0.684. The highest BCUT2D eigenvalue weighted by atomic mass is 127. The number of hydrogen-bond donors (Lipinski definition) is 3. The van der Waals surface area contributed by atoms with Gasteiger partial charge in [-0.05, 0) is 36.3 Å². The smallest absolute Gasteiger partial charge is 0.190 e. The second kappa shape index (κ2) is 9.30. The minimum Gasteiger partial charge on any atom is -0.361 e. The first-order valence-corrected chi connectivity index (χ1v) is 8.84. The van der Waals surface area contributed by atoms with Crippen LogP contribution in [0, 0.1) is 5.92 Å². The molecule has 1 heterocycles. The van der Waals surface area contributed by atoms with E-state index in [0.717, 1.165) is 37.8 Å². The molecule has 3 N–H and O–H groups in total. The molecule has 0 aliphatic heterocycles. The van der Waals surface area contributed by atoms with Crippen molar-refractivity contribution in [1.29, 1.82) is 0 Å². The first-order chi connectivity index (χ1) is 11.3. The molecule has 0 amide bonds. The zero-order valence-corrected chi connectivity index (χ0v) is 17.0. The number of benzene rings is 1. The first-order valence-electron chi connectivity index (χ1n) is 8.84. The van der Waals surface area contributed by atoms with E-state index < -0.39 is 0 Å². The van der Waals surface area contributed by atoms with Crippen molar-refractivity contribution >= 4 is 40.8 Å². The van der Waals surface area contributed by atoms with Crippen LogP contribution in [0.2, 0.25) is 0 Å². The summed E-state index contributed by atoms with van der Waals surface area (Å²) in [7, 11) is 1.84. The van der Waals surface area contributed by atoms with Crippen LogP contribution in [0.15, 0.2) is 29.4 Å². The molecule has 24 heavy (non-hydrogen) atoms. The predicted molar refractivity (Wildman–Crippen MR) is 114 cm³/mol. The average Bonchev–Trinajstić information content (AvgIpc) is 3.32. The molecule has 1 aliphatic carbocycles. The van der Waals surface area contributed by atoms with Gasteiger partial charge in [0.1, 0.15) is 0 Å². The Balaban J connectivity index is 0.00000208. The van der Waals surface area contributed by atoms with Gasteiger partial charge in [-0.2, -0.15) is 0 Å². The number of aromatic nitrogens is 1. The van der Waals surface area contributed by atoms with Crippen molar-refractivity contribution in [3.05, 3.63) is 35.5 Å². The van der Waals surface area contributed by atoms with Gasteiger partial charge in [0.25, 0.3) is 0 Å². The molecule has 3 rings (SSSR count). The molecule has 0 radical (unpaired) electrons. The molecule has 1 aromatic heterocycles. The summed E-state index contributed by atoms with van der Waals surface area (Å²) in [5.41, 5.74) is 4.05. The van der Waals surface area contributed by atoms with Crippen molar-refractivity contribution in [2.75, 3.05) is 20.1 Å². The number of rotatable bonds is 7. The third kappa shape index (κ3) is 4.88. The predicted octanol–water partition coefficient (Wildman–Crippen LogP) is 3.86. The number of hydrogen-bond acceptors (Lipinski definition) is 1. The van der Waals surface area contributed by atoms with Crippen LogP contribution < -0.4 is 10.6 Å². The monoisotopic (exact) mass is 440 g/mol. The van der Waals surface area contributed by atoms with Crippen LogP contribution in [-0.2, 0) is 12.8 Å². The minimum atomic E-state index is 0. The normalized spacial score (nSPS) is 14.5. The number of nitrogens with zero attached hydrogens (tertiary/aromatic N) is 1. The third-order valence-corrected chi connectivity index (χ3v) is 4.72. The molecule has 0 bridgehead atoms. The Hall–Kier alpha value is -1.24. The summed E-state index contributed by atoms with van der Waals surface area (Å²) >= 11 is 0. The fourth-order valence-electron chi connectivity index (χ4n) is 3.11. The van der Waals surface area contributed by atoms with Gasteiger partial charge in [-0.25, -0.2) is 0 Å². The number of H-pyrrole nitrogens is 1. The lowest BCUT2D eigenvalue weighted by Gasteiger charge is -2.11. The molecular weight excluding hydrogens is 411 g/mol. The standard InChI is InChI=1S/C19H28N4.HI/c1-3-15-5-4-6-17-16(13-23-18(15)17)10-12-22-19(20-2)21-11-9-14-7-8-14;/h4-6,13-14,23H,3,7-12H2,1-2H3,(H2,20,21,22);1H. The van der Waals surface area contributed by atoms with Gasteiger partial charge in [0.05, 0.1) is 0 Å². The molecule has 4 nitrogen and oxygen atoms in total. The molecule has 0 atom stereocenters. The molecule has 5 heteroatoms. The number of nitrogens with one attached hydrogen (secondary N) is 3. The maximum absolute atomic E-state index is 4.30. The van der Waals surface area contributed by atoms with Crippen molar-refractivity contribution in [1.82, 2.24) is 15.6 Å². The van der Waals surface area contributed by atoms with Crippen molar-refractivity contribution < 1.29 is 0 Å². The lowest BCUT2D eigenvalue weighted by Crippen LogP contribution is -2.38. The van der Waals surface area contributed by atoms with Crippen LogP contribution in [0.1, 0.15) is 37.3 Å². The number of guanidine groups is 1.